The Labute approximate surface area is 119 Å². The van der Waals surface area contributed by atoms with Crippen molar-refractivity contribution in [3.8, 4) is 0 Å². The number of nitro groups is 1. The van der Waals surface area contributed by atoms with Gasteiger partial charge in [-0.3, -0.25) is 10.1 Å². The standard InChI is InChI=1S/C14H22N4O2/c1-10-4-3-5-11(6-10)9-16-14-8-12(18(19)20)7-13(15-2)17-14/h7-8,10-11H,3-6,9H2,1-2H3,(H2,15,16,17). The van der Waals surface area contributed by atoms with Gasteiger partial charge in [-0.1, -0.05) is 19.8 Å². The molecule has 0 spiro atoms. The number of anilines is 2. The van der Waals surface area contributed by atoms with E-state index in [-0.39, 0.29) is 5.69 Å². The van der Waals surface area contributed by atoms with Gasteiger partial charge in [0.15, 0.2) is 0 Å². The summed E-state index contributed by atoms with van der Waals surface area (Å²) in [7, 11) is 1.71. The minimum absolute atomic E-state index is 0.0591. The van der Waals surface area contributed by atoms with Gasteiger partial charge in [-0.05, 0) is 24.7 Å². The summed E-state index contributed by atoms with van der Waals surface area (Å²) in [6, 6.07) is 2.93. The van der Waals surface area contributed by atoms with E-state index in [1.807, 2.05) is 0 Å². The highest BCUT2D eigenvalue weighted by Crippen LogP contribution is 2.29. The quantitative estimate of drug-likeness (QED) is 0.638. The molecular weight excluding hydrogens is 256 g/mol. The van der Waals surface area contributed by atoms with E-state index >= 15 is 0 Å². The lowest BCUT2D eigenvalue weighted by molar-refractivity contribution is -0.384. The summed E-state index contributed by atoms with van der Waals surface area (Å²) < 4.78 is 0. The lowest BCUT2D eigenvalue weighted by atomic mass is 9.82. The van der Waals surface area contributed by atoms with Crippen LogP contribution in [0.5, 0.6) is 0 Å². The Balaban J connectivity index is 2.01. The van der Waals surface area contributed by atoms with Gasteiger partial charge in [-0.2, -0.15) is 0 Å². The Morgan fingerprint density at radius 2 is 2.15 bits per heavy atom. The number of pyridine rings is 1. The van der Waals surface area contributed by atoms with Crippen LogP contribution in [-0.4, -0.2) is 23.5 Å². The van der Waals surface area contributed by atoms with Crippen molar-refractivity contribution in [2.24, 2.45) is 11.8 Å². The summed E-state index contributed by atoms with van der Waals surface area (Å²) in [6.45, 7) is 3.12. The Bertz CT molecular complexity index is 478. The summed E-state index contributed by atoms with van der Waals surface area (Å²) >= 11 is 0. The number of hydrogen-bond donors (Lipinski definition) is 2. The van der Waals surface area contributed by atoms with Gasteiger partial charge in [0, 0.05) is 13.6 Å². The molecule has 0 amide bonds. The second-order valence-corrected chi connectivity index (χ2v) is 5.62. The normalized spacial score (nSPS) is 22.3. The minimum atomic E-state index is -0.392. The van der Waals surface area contributed by atoms with Crippen LogP contribution in [0.15, 0.2) is 12.1 Å². The van der Waals surface area contributed by atoms with Crippen LogP contribution in [0.3, 0.4) is 0 Å². The maximum Gasteiger partial charge on any atom is 0.276 e. The van der Waals surface area contributed by atoms with E-state index < -0.39 is 4.92 Å². The fourth-order valence-electron chi connectivity index (χ4n) is 2.83. The first kappa shape index (κ1) is 14.6. The summed E-state index contributed by atoms with van der Waals surface area (Å²) in [5.41, 5.74) is 0.0591. The summed E-state index contributed by atoms with van der Waals surface area (Å²) in [5, 5.41) is 17.0. The Morgan fingerprint density at radius 1 is 1.40 bits per heavy atom. The van der Waals surface area contributed by atoms with Crippen molar-refractivity contribution in [3.05, 3.63) is 22.2 Å². The van der Waals surface area contributed by atoms with E-state index in [1.54, 1.807) is 7.05 Å². The molecule has 1 aromatic heterocycles. The van der Waals surface area contributed by atoms with Gasteiger partial charge < -0.3 is 10.6 Å². The van der Waals surface area contributed by atoms with Gasteiger partial charge in [0.25, 0.3) is 5.69 Å². The Morgan fingerprint density at radius 3 is 2.80 bits per heavy atom. The van der Waals surface area contributed by atoms with E-state index in [1.165, 1.54) is 37.8 Å². The molecule has 2 N–H and O–H groups in total. The van der Waals surface area contributed by atoms with Crippen molar-refractivity contribution in [1.82, 2.24) is 4.98 Å². The number of hydrogen-bond acceptors (Lipinski definition) is 5. The molecule has 1 aromatic rings. The zero-order valence-electron chi connectivity index (χ0n) is 12.1. The van der Waals surface area contributed by atoms with Gasteiger partial charge in [-0.25, -0.2) is 4.98 Å². The molecule has 0 saturated heterocycles. The molecule has 2 atom stereocenters. The Kier molecular flexibility index (Phi) is 4.76. The zero-order chi connectivity index (χ0) is 14.5. The van der Waals surface area contributed by atoms with Crippen LogP contribution >= 0.6 is 0 Å². The van der Waals surface area contributed by atoms with Crippen LogP contribution in [0, 0.1) is 22.0 Å². The molecule has 0 aliphatic heterocycles. The molecule has 0 radical (unpaired) electrons. The number of nitrogens with zero attached hydrogens (tertiary/aromatic N) is 2. The fraction of sp³-hybridized carbons (Fsp3) is 0.643. The van der Waals surface area contributed by atoms with E-state index in [0.29, 0.717) is 17.6 Å². The van der Waals surface area contributed by atoms with Crippen molar-refractivity contribution in [2.45, 2.75) is 32.6 Å². The van der Waals surface area contributed by atoms with Crippen molar-refractivity contribution in [1.29, 1.82) is 0 Å². The van der Waals surface area contributed by atoms with Crippen LogP contribution in [0.2, 0.25) is 0 Å². The highest BCUT2D eigenvalue weighted by molar-refractivity contribution is 5.54. The molecule has 1 aliphatic carbocycles. The first-order valence-electron chi connectivity index (χ1n) is 7.16. The third kappa shape index (κ3) is 3.82. The van der Waals surface area contributed by atoms with Crippen molar-refractivity contribution in [3.63, 3.8) is 0 Å². The van der Waals surface area contributed by atoms with E-state index in [4.69, 9.17) is 0 Å². The largest absolute Gasteiger partial charge is 0.373 e. The summed E-state index contributed by atoms with van der Waals surface area (Å²) in [5.74, 6) is 2.50. The minimum Gasteiger partial charge on any atom is -0.373 e. The van der Waals surface area contributed by atoms with Crippen LogP contribution in [-0.2, 0) is 0 Å². The molecule has 0 bridgehead atoms. The Hall–Kier alpha value is -1.85. The highest BCUT2D eigenvalue weighted by Gasteiger charge is 2.19. The molecule has 1 heterocycles. The van der Waals surface area contributed by atoms with Gasteiger partial charge in [-0.15, -0.1) is 0 Å². The van der Waals surface area contributed by atoms with Gasteiger partial charge in [0.1, 0.15) is 11.6 Å². The second kappa shape index (κ2) is 6.54. The molecule has 1 saturated carbocycles. The van der Waals surface area contributed by atoms with Crippen molar-refractivity contribution < 1.29 is 4.92 Å². The highest BCUT2D eigenvalue weighted by atomic mass is 16.6. The molecular formula is C14H22N4O2. The van der Waals surface area contributed by atoms with E-state index in [9.17, 15) is 10.1 Å². The first-order valence-corrected chi connectivity index (χ1v) is 7.16. The molecule has 1 fully saturated rings. The number of aromatic nitrogens is 1. The fourth-order valence-corrected chi connectivity index (χ4v) is 2.83. The lowest BCUT2D eigenvalue weighted by Crippen LogP contribution is -2.21. The van der Waals surface area contributed by atoms with E-state index in [2.05, 4.69) is 22.5 Å². The second-order valence-electron chi connectivity index (χ2n) is 5.62. The smallest absolute Gasteiger partial charge is 0.276 e. The van der Waals surface area contributed by atoms with Crippen molar-refractivity contribution >= 4 is 17.3 Å². The number of rotatable bonds is 5. The summed E-state index contributed by atoms with van der Waals surface area (Å²) in [6.07, 6.45) is 5.04. The average molecular weight is 278 g/mol. The van der Waals surface area contributed by atoms with Crippen LogP contribution < -0.4 is 10.6 Å². The number of nitrogens with one attached hydrogen (secondary N) is 2. The first-order chi connectivity index (χ1) is 9.58. The SMILES string of the molecule is CNc1cc([N+](=O)[O-])cc(NCC2CCCC(C)C2)n1. The predicted octanol–water partition coefficient (Wildman–Crippen LogP) is 3.27. The van der Waals surface area contributed by atoms with Crippen LogP contribution in [0.4, 0.5) is 17.3 Å². The third-order valence-electron chi connectivity index (χ3n) is 3.89. The maximum atomic E-state index is 10.9. The van der Waals surface area contributed by atoms with Gasteiger partial charge in [0.2, 0.25) is 0 Å². The van der Waals surface area contributed by atoms with Gasteiger partial charge >= 0.3 is 0 Å². The molecule has 6 nitrogen and oxygen atoms in total. The average Bonchev–Trinajstić information content (AvgIpc) is 2.45. The summed E-state index contributed by atoms with van der Waals surface area (Å²) in [4.78, 5) is 14.8. The van der Waals surface area contributed by atoms with Crippen molar-refractivity contribution in [2.75, 3.05) is 24.2 Å². The molecule has 20 heavy (non-hydrogen) atoms. The molecule has 2 unspecified atom stereocenters. The predicted molar refractivity (Wildman–Crippen MR) is 80.0 cm³/mol. The van der Waals surface area contributed by atoms with Crippen LogP contribution in [0.1, 0.15) is 32.6 Å². The van der Waals surface area contributed by atoms with Gasteiger partial charge in [0.05, 0.1) is 17.1 Å². The molecule has 2 rings (SSSR count). The topological polar surface area (TPSA) is 80.1 Å². The van der Waals surface area contributed by atoms with E-state index in [0.717, 1.165) is 12.5 Å². The molecule has 6 heteroatoms. The molecule has 1 aliphatic rings. The molecule has 110 valence electrons. The third-order valence-corrected chi connectivity index (χ3v) is 3.89. The lowest BCUT2D eigenvalue weighted by Gasteiger charge is -2.26. The zero-order valence-corrected chi connectivity index (χ0v) is 12.1. The van der Waals surface area contributed by atoms with Crippen LogP contribution in [0.25, 0.3) is 0 Å². The monoisotopic (exact) mass is 278 g/mol. The maximum absolute atomic E-state index is 10.9. The molecule has 0 aromatic carbocycles.